The summed E-state index contributed by atoms with van der Waals surface area (Å²) < 4.78 is 15.8. The fraction of sp³-hybridized carbons (Fsp3) is 0.250. The lowest BCUT2D eigenvalue weighted by Crippen LogP contribution is -2.29. The normalized spacial score (nSPS) is 11.0. The van der Waals surface area contributed by atoms with Crippen LogP contribution in [0.5, 0.6) is 11.5 Å². The van der Waals surface area contributed by atoms with Gasteiger partial charge >= 0.3 is 5.97 Å². The first-order chi connectivity index (χ1) is 13.0. The summed E-state index contributed by atoms with van der Waals surface area (Å²) in [4.78, 5) is 24.0. The van der Waals surface area contributed by atoms with Gasteiger partial charge in [0.05, 0.1) is 23.9 Å². The van der Waals surface area contributed by atoms with Crippen LogP contribution in [-0.2, 0) is 14.3 Å². The Morgan fingerprint density at radius 3 is 2.52 bits per heavy atom. The largest absolute Gasteiger partial charge is 0.492 e. The van der Waals surface area contributed by atoms with Gasteiger partial charge in [0.2, 0.25) is 0 Å². The smallest absolute Gasteiger partial charge is 0.347 e. The SMILES string of the molecule is CCOc1ccccc1NC(=O)COC(=O)[C@H](C)Oc1ccc(C#N)cc1. The first kappa shape index (κ1) is 19.8. The predicted octanol–water partition coefficient (Wildman–Crippen LogP) is 2.91. The van der Waals surface area contributed by atoms with Crippen LogP contribution in [0.15, 0.2) is 48.5 Å². The lowest BCUT2D eigenvalue weighted by Gasteiger charge is -2.14. The molecule has 0 unspecified atom stereocenters. The quantitative estimate of drug-likeness (QED) is 0.720. The van der Waals surface area contributed by atoms with E-state index in [0.717, 1.165) is 0 Å². The fourth-order valence-corrected chi connectivity index (χ4v) is 2.15. The number of nitriles is 1. The molecule has 0 aliphatic rings. The number of benzene rings is 2. The van der Waals surface area contributed by atoms with Crippen molar-refractivity contribution in [3.8, 4) is 17.6 Å². The number of anilines is 1. The van der Waals surface area contributed by atoms with E-state index in [9.17, 15) is 9.59 Å². The Balaban J connectivity index is 1.83. The minimum atomic E-state index is -0.901. The van der Waals surface area contributed by atoms with Crippen molar-refractivity contribution in [1.29, 1.82) is 5.26 Å². The molecule has 0 spiro atoms. The van der Waals surface area contributed by atoms with Crippen molar-refractivity contribution in [1.82, 2.24) is 0 Å². The van der Waals surface area contributed by atoms with Crippen molar-refractivity contribution in [2.24, 2.45) is 0 Å². The average molecular weight is 368 g/mol. The molecule has 140 valence electrons. The molecule has 0 aliphatic heterocycles. The van der Waals surface area contributed by atoms with E-state index in [0.29, 0.717) is 29.4 Å². The first-order valence-electron chi connectivity index (χ1n) is 8.38. The fourth-order valence-electron chi connectivity index (χ4n) is 2.15. The number of nitrogens with zero attached hydrogens (tertiary/aromatic N) is 1. The van der Waals surface area contributed by atoms with Gasteiger partial charge in [-0.1, -0.05) is 12.1 Å². The van der Waals surface area contributed by atoms with Crippen LogP contribution >= 0.6 is 0 Å². The highest BCUT2D eigenvalue weighted by Gasteiger charge is 2.18. The number of carbonyl (C=O) groups is 2. The Kier molecular flexibility index (Phi) is 7.20. The first-order valence-corrected chi connectivity index (χ1v) is 8.38. The van der Waals surface area contributed by atoms with Crippen molar-refractivity contribution in [3.63, 3.8) is 0 Å². The van der Waals surface area contributed by atoms with E-state index < -0.39 is 24.6 Å². The van der Waals surface area contributed by atoms with Crippen LogP contribution in [0, 0.1) is 11.3 Å². The molecule has 2 rings (SSSR count). The molecule has 7 nitrogen and oxygen atoms in total. The molecule has 2 aromatic carbocycles. The van der Waals surface area contributed by atoms with E-state index >= 15 is 0 Å². The number of esters is 1. The second kappa shape index (κ2) is 9.82. The highest BCUT2D eigenvalue weighted by atomic mass is 16.6. The van der Waals surface area contributed by atoms with Gasteiger partial charge in [-0.2, -0.15) is 5.26 Å². The van der Waals surface area contributed by atoms with Crippen molar-refractivity contribution in [2.75, 3.05) is 18.5 Å². The number of nitrogens with one attached hydrogen (secondary N) is 1. The maximum atomic E-state index is 12.0. The third-order valence-electron chi connectivity index (χ3n) is 3.43. The summed E-state index contributed by atoms with van der Waals surface area (Å²) in [5.41, 5.74) is 0.990. The predicted molar refractivity (Wildman–Crippen MR) is 98.4 cm³/mol. The molecular weight excluding hydrogens is 348 g/mol. The van der Waals surface area contributed by atoms with Crippen molar-refractivity contribution in [3.05, 3.63) is 54.1 Å². The van der Waals surface area contributed by atoms with E-state index in [1.807, 2.05) is 13.0 Å². The zero-order valence-electron chi connectivity index (χ0n) is 15.1. The monoisotopic (exact) mass is 368 g/mol. The number of para-hydroxylation sites is 2. The van der Waals surface area contributed by atoms with Crippen LogP contribution in [0.2, 0.25) is 0 Å². The molecule has 27 heavy (non-hydrogen) atoms. The number of hydrogen-bond donors (Lipinski definition) is 1. The van der Waals surface area contributed by atoms with E-state index in [4.69, 9.17) is 19.5 Å². The Bertz CT molecular complexity index is 827. The second-order valence-corrected chi connectivity index (χ2v) is 5.48. The van der Waals surface area contributed by atoms with Crippen molar-refractivity contribution in [2.45, 2.75) is 20.0 Å². The van der Waals surface area contributed by atoms with Gasteiger partial charge in [-0.3, -0.25) is 4.79 Å². The van der Waals surface area contributed by atoms with Crippen LogP contribution in [0.25, 0.3) is 0 Å². The lowest BCUT2D eigenvalue weighted by atomic mass is 10.2. The Labute approximate surface area is 157 Å². The molecule has 0 fully saturated rings. The highest BCUT2D eigenvalue weighted by Crippen LogP contribution is 2.23. The third kappa shape index (κ3) is 6.04. The van der Waals surface area contributed by atoms with E-state index in [-0.39, 0.29) is 0 Å². The van der Waals surface area contributed by atoms with Gasteiger partial charge in [0, 0.05) is 0 Å². The van der Waals surface area contributed by atoms with Crippen LogP contribution < -0.4 is 14.8 Å². The van der Waals surface area contributed by atoms with Crippen LogP contribution in [0.4, 0.5) is 5.69 Å². The molecule has 0 bridgehead atoms. The Morgan fingerprint density at radius 1 is 1.15 bits per heavy atom. The number of amides is 1. The molecule has 1 N–H and O–H groups in total. The average Bonchev–Trinajstić information content (AvgIpc) is 2.68. The molecule has 2 aromatic rings. The maximum absolute atomic E-state index is 12.0. The summed E-state index contributed by atoms with van der Waals surface area (Å²) in [6.45, 7) is 3.38. The highest BCUT2D eigenvalue weighted by molar-refractivity contribution is 5.94. The Hall–Kier alpha value is -3.53. The molecule has 1 atom stereocenters. The summed E-state index contributed by atoms with van der Waals surface area (Å²) in [5.74, 6) is -0.195. The second-order valence-electron chi connectivity index (χ2n) is 5.48. The van der Waals surface area contributed by atoms with Crippen molar-refractivity contribution < 1.29 is 23.8 Å². The van der Waals surface area contributed by atoms with Gasteiger partial charge in [-0.15, -0.1) is 0 Å². The lowest BCUT2D eigenvalue weighted by molar-refractivity contribution is -0.153. The zero-order valence-corrected chi connectivity index (χ0v) is 15.1. The minimum absolute atomic E-state index is 0.425. The van der Waals surface area contributed by atoms with Gasteiger partial charge < -0.3 is 19.5 Å². The zero-order chi connectivity index (χ0) is 19.6. The number of ether oxygens (including phenoxy) is 3. The molecule has 0 heterocycles. The summed E-state index contributed by atoms with van der Waals surface area (Å²) in [6.07, 6.45) is -0.901. The molecule has 0 saturated heterocycles. The van der Waals surface area contributed by atoms with Gasteiger partial charge in [-0.25, -0.2) is 4.79 Å². The van der Waals surface area contributed by atoms with Crippen LogP contribution in [-0.4, -0.2) is 31.2 Å². The standard InChI is InChI=1S/C20H20N2O5/c1-3-25-18-7-5-4-6-17(18)22-19(23)13-26-20(24)14(2)27-16-10-8-15(12-21)9-11-16/h4-11,14H,3,13H2,1-2H3,(H,22,23)/t14-/m0/s1. The summed E-state index contributed by atoms with van der Waals surface area (Å²) in [5, 5.41) is 11.4. The molecule has 1 amide bonds. The summed E-state index contributed by atoms with van der Waals surface area (Å²) in [6, 6.07) is 15.3. The number of rotatable bonds is 8. The number of hydrogen-bond acceptors (Lipinski definition) is 6. The minimum Gasteiger partial charge on any atom is -0.492 e. The maximum Gasteiger partial charge on any atom is 0.347 e. The molecule has 7 heteroatoms. The van der Waals surface area contributed by atoms with Gasteiger partial charge in [0.15, 0.2) is 12.7 Å². The van der Waals surface area contributed by atoms with Gasteiger partial charge in [0.25, 0.3) is 5.91 Å². The molecule has 0 aliphatic carbocycles. The van der Waals surface area contributed by atoms with Crippen LogP contribution in [0.1, 0.15) is 19.4 Å². The third-order valence-corrected chi connectivity index (χ3v) is 3.43. The Morgan fingerprint density at radius 2 is 1.85 bits per heavy atom. The van der Waals surface area contributed by atoms with E-state index in [2.05, 4.69) is 5.32 Å². The number of carbonyl (C=O) groups excluding carboxylic acids is 2. The van der Waals surface area contributed by atoms with E-state index in [1.54, 1.807) is 48.5 Å². The topological polar surface area (TPSA) is 97.7 Å². The summed E-state index contributed by atoms with van der Waals surface area (Å²) in [7, 11) is 0. The van der Waals surface area contributed by atoms with Crippen molar-refractivity contribution >= 4 is 17.6 Å². The molecule has 0 radical (unpaired) electrons. The molecular formula is C20H20N2O5. The van der Waals surface area contributed by atoms with Gasteiger partial charge in [-0.05, 0) is 50.2 Å². The van der Waals surface area contributed by atoms with Crippen LogP contribution in [0.3, 0.4) is 0 Å². The molecule has 0 saturated carbocycles. The van der Waals surface area contributed by atoms with Gasteiger partial charge in [0.1, 0.15) is 11.5 Å². The van der Waals surface area contributed by atoms with E-state index in [1.165, 1.54) is 6.92 Å². The molecule has 0 aromatic heterocycles. The summed E-state index contributed by atoms with van der Waals surface area (Å²) >= 11 is 0.